The Balaban J connectivity index is 2.72. The van der Waals surface area contributed by atoms with Gasteiger partial charge in [0.1, 0.15) is 0 Å². The van der Waals surface area contributed by atoms with E-state index in [2.05, 4.69) is 5.32 Å². The molecule has 0 aliphatic carbocycles. The number of rotatable bonds is 4. The van der Waals surface area contributed by atoms with Gasteiger partial charge in [-0.05, 0) is 6.07 Å². The van der Waals surface area contributed by atoms with Gasteiger partial charge in [0.15, 0.2) is 0 Å². The van der Waals surface area contributed by atoms with Crippen molar-refractivity contribution in [2.45, 2.75) is 0 Å². The van der Waals surface area contributed by atoms with Gasteiger partial charge in [-0.15, -0.1) is 0 Å². The number of hydrogen-bond donors (Lipinski definition) is 3. The smallest absolute Gasteiger partial charge is 0.270 e. The van der Waals surface area contributed by atoms with Crippen LogP contribution in [0.25, 0.3) is 0 Å². The van der Waals surface area contributed by atoms with Crippen molar-refractivity contribution in [2.75, 3.05) is 6.54 Å². The fraction of sp³-hybridized carbons (Fsp3) is 0.111. The summed E-state index contributed by atoms with van der Waals surface area (Å²) in [7, 11) is 0. The summed E-state index contributed by atoms with van der Waals surface area (Å²) in [6.45, 7) is -0.294. The fourth-order valence-electron chi connectivity index (χ4n) is 1.07. The molecule has 0 aliphatic heterocycles. The number of carbonyl (C=O) groups is 2. The molecule has 0 aliphatic rings. The van der Waals surface area contributed by atoms with Gasteiger partial charge in [0, 0.05) is 17.7 Å². The van der Waals surface area contributed by atoms with Gasteiger partial charge >= 0.3 is 0 Å². The molecule has 0 fully saturated rings. The Bertz CT molecular complexity index is 460. The molecule has 8 heteroatoms. The summed E-state index contributed by atoms with van der Waals surface area (Å²) in [6.07, 6.45) is 0. The van der Waals surface area contributed by atoms with Gasteiger partial charge in [0.05, 0.1) is 11.5 Å². The van der Waals surface area contributed by atoms with Crippen molar-refractivity contribution < 1.29 is 14.5 Å². The number of nitro groups is 1. The number of benzene rings is 1. The van der Waals surface area contributed by atoms with E-state index in [4.69, 9.17) is 5.84 Å². The van der Waals surface area contributed by atoms with Crippen molar-refractivity contribution in [3.05, 3.63) is 39.9 Å². The van der Waals surface area contributed by atoms with E-state index in [1.54, 1.807) is 0 Å². The van der Waals surface area contributed by atoms with Gasteiger partial charge in [0.2, 0.25) is 0 Å². The Morgan fingerprint density at radius 1 is 1.41 bits per heavy atom. The lowest BCUT2D eigenvalue weighted by Gasteiger charge is -2.03. The van der Waals surface area contributed by atoms with Crippen LogP contribution in [0, 0.1) is 10.1 Å². The van der Waals surface area contributed by atoms with Crippen LogP contribution >= 0.6 is 0 Å². The van der Waals surface area contributed by atoms with Crippen LogP contribution in [0.4, 0.5) is 5.69 Å². The SMILES string of the molecule is NNC(=O)CNC(=O)c1cccc([N+](=O)[O-])c1. The van der Waals surface area contributed by atoms with E-state index in [0.29, 0.717) is 0 Å². The minimum atomic E-state index is -0.608. The molecule has 0 aromatic heterocycles. The normalized spacial score (nSPS) is 9.47. The third-order valence-corrected chi connectivity index (χ3v) is 1.89. The van der Waals surface area contributed by atoms with Gasteiger partial charge in [-0.2, -0.15) is 0 Å². The number of nitro benzene ring substituents is 1. The molecule has 8 nitrogen and oxygen atoms in total. The molecule has 0 saturated carbocycles. The molecule has 1 aromatic carbocycles. The maximum absolute atomic E-state index is 11.5. The second-order valence-corrected chi connectivity index (χ2v) is 3.06. The Morgan fingerprint density at radius 2 is 2.12 bits per heavy atom. The highest BCUT2D eigenvalue weighted by molar-refractivity contribution is 5.96. The van der Waals surface area contributed by atoms with Gasteiger partial charge in [-0.1, -0.05) is 6.07 Å². The largest absolute Gasteiger partial charge is 0.343 e. The van der Waals surface area contributed by atoms with Crippen LogP contribution < -0.4 is 16.6 Å². The molecule has 1 aromatic rings. The molecule has 2 amide bonds. The molecular weight excluding hydrogens is 228 g/mol. The average Bonchev–Trinajstić information content (AvgIpc) is 2.35. The number of nitrogens with zero attached hydrogens (tertiary/aromatic N) is 1. The van der Waals surface area contributed by atoms with Crippen LogP contribution in [0.1, 0.15) is 10.4 Å². The second-order valence-electron chi connectivity index (χ2n) is 3.06. The Morgan fingerprint density at radius 3 is 2.71 bits per heavy atom. The maximum Gasteiger partial charge on any atom is 0.270 e. The highest BCUT2D eigenvalue weighted by Gasteiger charge is 2.11. The number of hydrazine groups is 1. The second kappa shape index (κ2) is 5.56. The van der Waals surface area contributed by atoms with E-state index >= 15 is 0 Å². The summed E-state index contributed by atoms with van der Waals surface area (Å²) >= 11 is 0. The summed E-state index contributed by atoms with van der Waals surface area (Å²) in [6, 6.07) is 5.18. The minimum Gasteiger partial charge on any atom is -0.343 e. The Kier molecular flexibility index (Phi) is 4.12. The summed E-state index contributed by atoms with van der Waals surface area (Å²) in [5, 5.41) is 12.7. The first-order valence-electron chi connectivity index (χ1n) is 4.56. The molecule has 0 unspecified atom stereocenters. The quantitative estimate of drug-likeness (QED) is 0.277. The molecule has 0 atom stereocenters. The zero-order valence-electron chi connectivity index (χ0n) is 8.67. The van der Waals surface area contributed by atoms with E-state index in [9.17, 15) is 19.7 Å². The van der Waals surface area contributed by atoms with E-state index in [1.165, 1.54) is 18.2 Å². The molecular formula is C9H10N4O4. The van der Waals surface area contributed by atoms with Crippen LogP contribution in [0.5, 0.6) is 0 Å². The predicted octanol–water partition coefficient (Wildman–Crippen LogP) is -0.685. The number of hydrogen-bond acceptors (Lipinski definition) is 5. The standard InChI is InChI=1S/C9H10N4O4/c10-12-8(14)5-11-9(15)6-2-1-3-7(4-6)13(16)17/h1-4H,5,10H2,(H,11,15)(H,12,14). The Labute approximate surface area is 95.9 Å². The number of non-ortho nitro benzene ring substituents is 1. The van der Waals surface area contributed by atoms with Crippen molar-refractivity contribution in [1.29, 1.82) is 0 Å². The number of nitrogens with one attached hydrogen (secondary N) is 2. The highest BCUT2D eigenvalue weighted by Crippen LogP contribution is 2.12. The van der Waals surface area contributed by atoms with Crippen molar-refractivity contribution in [2.24, 2.45) is 5.84 Å². The zero-order valence-corrected chi connectivity index (χ0v) is 8.67. The topological polar surface area (TPSA) is 127 Å². The van der Waals surface area contributed by atoms with Gasteiger partial charge in [0.25, 0.3) is 17.5 Å². The third kappa shape index (κ3) is 3.54. The lowest BCUT2D eigenvalue weighted by atomic mass is 10.2. The molecule has 0 saturated heterocycles. The first-order chi connectivity index (χ1) is 8.04. The molecule has 0 spiro atoms. The van der Waals surface area contributed by atoms with E-state index in [0.717, 1.165) is 6.07 Å². The first-order valence-corrected chi connectivity index (χ1v) is 4.56. The minimum absolute atomic E-state index is 0.101. The molecule has 17 heavy (non-hydrogen) atoms. The van der Waals surface area contributed by atoms with Crippen molar-refractivity contribution in [1.82, 2.24) is 10.7 Å². The average molecular weight is 238 g/mol. The summed E-state index contributed by atoms with van der Waals surface area (Å²) in [5.74, 6) is 3.67. The predicted molar refractivity (Wildman–Crippen MR) is 57.8 cm³/mol. The van der Waals surface area contributed by atoms with Crippen molar-refractivity contribution in [3.8, 4) is 0 Å². The molecule has 1 rings (SSSR count). The fourth-order valence-corrected chi connectivity index (χ4v) is 1.07. The van der Waals surface area contributed by atoms with Crippen molar-refractivity contribution in [3.63, 3.8) is 0 Å². The molecule has 0 radical (unpaired) electrons. The number of carbonyl (C=O) groups excluding carboxylic acids is 2. The van der Waals surface area contributed by atoms with Crippen molar-refractivity contribution >= 4 is 17.5 Å². The van der Waals surface area contributed by atoms with Crippen LogP contribution in [-0.2, 0) is 4.79 Å². The third-order valence-electron chi connectivity index (χ3n) is 1.89. The lowest BCUT2D eigenvalue weighted by molar-refractivity contribution is -0.384. The zero-order chi connectivity index (χ0) is 12.8. The molecule has 0 bridgehead atoms. The maximum atomic E-state index is 11.5. The van der Waals surface area contributed by atoms with E-state index in [1.807, 2.05) is 5.43 Å². The lowest BCUT2D eigenvalue weighted by Crippen LogP contribution is -2.40. The first kappa shape index (κ1) is 12.6. The van der Waals surface area contributed by atoms with Crippen LogP contribution in [0.2, 0.25) is 0 Å². The highest BCUT2D eigenvalue weighted by atomic mass is 16.6. The Hall–Kier alpha value is -2.48. The molecule has 90 valence electrons. The number of nitrogens with two attached hydrogens (primary N) is 1. The monoisotopic (exact) mass is 238 g/mol. The van der Waals surface area contributed by atoms with Crippen LogP contribution in [0.3, 0.4) is 0 Å². The molecule has 0 heterocycles. The summed E-state index contributed by atoms with van der Waals surface area (Å²) in [5.41, 5.74) is 1.75. The van der Waals surface area contributed by atoms with Gasteiger partial charge < -0.3 is 5.32 Å². The van der Waals surface area contributed by atoms with Gasteiger partial charge in [-0.3, -0.25) is 25.1 Å². The number of amides is 2. The van der Waals surface area contributed by atoms with E-state index in [-0.39, 0.29) is 17.8 Å². The van der Waals surface area contributed by atoms with Crippen LogP contribution in [0.15, 0.2) is 24.3 Å². The molecule has 4 N–H and O–H groups in total. The van der Waals surface area contributed by atoms with Crippen LogP contribution in [-0.4, -0.2) is 23.3 Å². The summed E-state index contributed by atoms with van der Waals surface area (Å²) in [4.78, 5) is 32.1. The van der Waals surface area contributed by atoms with Gasteiger partial charge in [-0.25, -0.2) is 5.84 Å². The summed E-state index contributed by atoms with van der Waals surface area (Å²) < 4.78 is 0. The van der Waals surface area contributed by atoms with E-state index < -0.39 is 16.7 Å².